The third kappa shape index (κ3) is 2.53. The second-order valence-electron chi connectivity index (χ2n) is 6.83. The average molecular weight is 326 g/mol. The molecule has 4 nitrogen and oxygen atoms in total. The maximum atomic E-state index is 13.0. The first-order valence-corrected chi connectivity index (χ1v) is 7.34. The van der Waals surface area contributed by atoms with Gasteiger partial charge in [-0.15, -0.1) is 13.2 Å². The highest BCUT2D eigenvalue weighted by molar-refractivity contribution is 6.62. The molecule has 1 aromatic carbocycles. The molecule has 0 spiro atoms. The molecule has 0 N–H and O–H groups in total. The Labute approximate surface area is 132 Å². The number of hydrogen-bond acceptors (Lipinski definition) is 3. The maximum Gasteiger partial charge on any atom is 0.505 e. The largest absolute Gasteiger partial charge is 0.505 e. The smallest absolute Gasteiger partial charge is 0.399 e. The first-order valence-electron chi connectivity index (χ1n) is 7.34. The van der Waals surface area contributed by atoms with Crippen LogP contribution < -0.4 is 5.46 Å². The number of aryl methyl sites for hydroxylation is 1. The second-order valence-corrected chi connectivity index (χ2v) is 6.83. The zero-order valence-corrected chi connectivity index (χ0v) is 13.7. The number of rotatable bonds is 1. The SMILES string of the molecule is Cc1nn(C(F)(F)F)c2ccc(B3OC(C)(C)C(C)(C)O3)cc12. The normalized spacial score (nSPS) is 20.4. The number of hydrogen-bond donors (Lipinski definition) is 0. The van der Waals surface area contributed by atoms with Crippen LogP contribution in [0.25, 0.3) is 10.9 Å². The summed E-state index contributed by atoms with van der Waals surface area (Å²) in [6.45, 7) is 9.27. The third-order valence-corrected chi connectivity index (χ3v) is 4.65. The van der Waals surface area contributed by atoms with Crippen LogP contribution in [-0.2, 0) is 15.6 Å². The second kappa shape index (κ2) is 4.74. The first kappa shape index (κ1) is 16.3. The molecule has 3 rings (SSSR count). The summed E-state index contributed by atoms with van der Waals surface area (Å²) >= 11 is 0. The summed E-state index contributed by atoms with van der Waals surface area (Å²) in [6, 6.07) is 4.65. The molecule has 0 radical (unpaired) electrons. The van der Waals surface area contributed by atoms with E-state index in [-0.39, 0.29) is 10.2 Å². The van der Waals surface area contributed by atoms with E-state index in [9.17, 15) is 13.2 Å². The van der Waals surface area contributed by atoms with Gasteiger partial charge < -0.3 is 9.31 Å². The van der Waals surface area contributed by atoms with Gasteiger partial charge in [-0.05, 0) is 46.1 Å². The van der Waals surface area contributed by atoms with Crippen molar-refractivity contribution in [3.63, 3.8) is 0 Å². The predicted molar refractivity (Wildman–Crippen MR) is 81.5 cm³/mol. The molecule has 0 atom stereocenters. The van der Waals surface area contributed by atoms with Crippen molar-refractivity contribution in [1.82, 2.24) is 9.78 Å². The lowest BCUT2D eigenvalue weighted by Crippen LogP contribution is -2.41. The number of aromatic nitrogens is 2. The molecule has 1 aliphatic heterocycles. The van der Waals surface area contributed by atoms with Gasteiger partial charge in [-0.25, -0.2) is 0 Å². The summed E-state index contributed by atoms with van der Waals surface area (Å²) in [7, 11) is -0.613. The molecule has 1 aliphatic rings. The molecule has 0 saturated carbocycles. The van der Waals surface area contributed by atoms with Crippen molar-refractivity contribution < 1.29 is 22.5 Å². The summed E-state index contributed by atoms with van der Waals surface area (Å²) in [5.74, 6) is 0. The minimum absolute atomic E-state index is 0.0234. The van der Waals surface area contributed by atoms with E-state index in [4.69, 9.17) is 9.31 Å². The van der Waals surface area contributed by atoms with Crippen LogP contribution in [-0.4, -0.2) is 28.1 Å². The van der Waals surface area contributed by atoms with Crippen LogP contribution in [0, 0.1) is 6.92 Å². The van der Waals surface area contributed by atoms with Gasteiger partial charge in [0.1, 0.15) is 0 Å². The van der Waals surface area contributed by atoms with Gasteiger partial charge in [-0.2, -0.15) is 9.78 Å². The van der Waals surface area contributed by atoms with E-state index < -0.39 is 24.6 Å². The molecular formula is C15H18BF3N2O2. The third-order valence-electron chi connectivity index (χ3n) is 4.65. The van der Waals surface area contributed by atoms with Crippen molar-refractivity contribution >= 4 is 23.5 Å². The average Bonchev–Trinajstić information content (AvgIpc) is 2.84. The van der Waals surface area contributed by atoms with Crippen molar-refractivity contribution in [2.45, 2.75) is 52.1 Å². The highest BCUT2D eigenvalue weighted by Gasteiger charge is 2.51. The Kier molecular flexibility index (Phi) is 3.36. The maximum absolute atomic E-state index is 13.0. The van der Waals surface area contributed by atoms with Crippen LogP contribution in [0.4, 0.5) is 13.2 Å². The van der Waals surface area contributed by atoms with E-state index in [1.54, 1.807) is 19.1 Å². The highest BCUT2D eigenvalue weighted by Crippen LogP contribution is 2.37. The van der Waals surface area contributed by atoms with Crippen LogP contribution in [0.3, 0.4) is 0 Å². The van der Waals surface area contributed by atoms with Gasteiger partial charge in [0.2, 0.25) is 0 Å². The van der Waals surface area contributed by atoms with Gasteiger partial charge in [0.05, 0.1) is 22.4 Å². The van der Waals surface area contributed by atoms with Crippen molar-refractivity contribution in [3.8, 4) is 0 Å². The number of halogens is 3. The monoisotopic (exact) mass is 326 g/mol. The van der Waals surface area contributed by atoms with E-state index in [2.05, 4.69) is 5.10 Å². The molecule has 1 saturated heterocycles. The quantitative estimate of drug-likeness (QED) is 0.756. The standard InChI is InChI=1S/C15H18BF3N2O2/c1-9-11-8-10(16-22-13(2,3)14(4,5)23-16)6-7-12(11)21(20-9)15(17,18)19/h6-8H,1-5H3. The Balaban J connectivity index is 2.04. The molecule has 23 heavy (non-hydrogen) atoms. The Hall–Kier alpha value is -1.54. The molecular weight excluding hydrogens is 308 g/mol. The molecule has 1 fully saturated rings. The minimum Gasteiger partial charge on any atom is -0.399 e. The van der Waals surface area contributed by atoms with Crippen LogP contribution in [0.5, 0.6) is 0 Å². The fourth-order valence-corrected chi connectivity index (χ4v) is 2.60. The number of alkyl halides is 3. The minimum atomic E-state index is -4.54. The summed E-state index contributed by atoms with van der Waals surface area (Å²) in [6.07, 6.45) is -4.54. The fraction of sp³-hybridized carbons (Fsp3) is 0.533. The molecule has 8 heteroatoms. The first-order chi connectivity index (χ1) is 10.4. The van der Waals surface area contributed by atoms with Crippen LogP contribution in [0.15, 0.2) is 18.2 Å². The van der Waals surface area contributed by atoms with Gasteiger partial charge >= 0.3 is 13.4 Å². The Bertz CT molecular complexity index is 752. The van der Waals surface area contributed by atoms with Crippen molar-refractivity contribution in [2.24, 2.45) is 0 Å². The summed E-state index contributed by atoms with van der Waals surface area (Å²) in [4.78, 5) is 0. The number of benzene rings is 1. The van der Waals surface area contributed by atoms with Crippen LogP contribution in [0.2, 0.25) is 0 Å². The van der Waals surface area contributed by atoms with E-state index in [0.717, 1.165) is 0 Å². The molecule has 0 unspecified atom stereocenters. The van der Waals surface area contributed by atoms with Gasteiger partial charge in [0, 0.05) is 5.39 Å². The Morgan fingerprint density at radius 2 is 1.65 bits per heavy atom. The zero-order chi connectivity index (χ0) is 17.2. The molecule has 0 bridgehead atoms. The molecule has 0 aliphatic carbocycles. The Morgan fingerprint density at radius 3 is 2.17 bits per heavy atom. The molecule has 0 amide bonds. The van der Waals surface area contributed by atoms with Crippen LogP contribution >= 0.6 is 0 Å². The Morgan fingerprint density at radius 1 is 1.09 bits per heavy atom. The van der Waals surface area contributed by atoms with Gasteiger partial charge in [-0.1, -0.05) is 12.1 Å². The van der Waals surface area contributed by atoms with Gasteiger partial charge in [-0.3, -0.25) is 0 Å². The van der Waals surface area contributed by atoms with E-state index in [1.165, 1.54) is 6.07 Å². The van der Waals surface area contributed by atoms with Crippen molar-refractivity contribution in [1.29, 1.82) is 0 Å². The molecule has 1 aromatic heterocycles. The zero-order valence-electron chi connectivity index (χ0n) is 13.7. The molecule has 2 aromatic rings. The lowest BCUT2D eigenvalue weighted by atomic mass is 9.78. The lowest BCUT2D eigenvalue weighted by molar-refractivity contribution is -0.209. The van der Waals surface area contributed by atoms with Crippen molar-refractivity contribution in [2.75, 3.05) is 0 Å². The van der Waals surface area contributed by atoms with Gasteiger partial charge in [0.15, 0.2) is 0 Å². The topological polar surface area (TPSA) is 36.3 Å². The summed E-state index contributed by atoms with van der Waals surface area (Å²) in [5, 5.41) is 4.04. The van der Waals surface area contributed by atoms with Gasteiger partial charge in [0.25, 0.3) is 0 Å². The predicted octanol–water partition coefficient (Wildman–Crippen LogP) is 3.12. The summed E-state index contributed by atoms with van der Waals surface area (Å²) < 4.78 is 50.9. The van der Waals surface area contributed by atoms with E-state index >= 15 is 0 Å². The molecule has 2 heterocycles. The fourth-order valence-electron chi connectivity index (χ4n) is 2.60. The highest BCUT2D eigenvalue weighted by atomic mass is 19.4. The lowest BCUT2D eigenvalue weighted by Gasteiger charge is -2.32. The number of nitrogens with zero attached hydrogens (tertiary/aromatic N) is 2. The van der Waals surface area contributed by atoms with E-state index in [1.807, 2.05) is 27.7 Å². The number of fused-ring (bicyclic) bond motifs is 1. The summed E-state index contributed by atoms with van der Waals surface area (Å²) in [5.41, 5.74) is 0.0160. The van der Waals surface area contributed by atoms with Crippen molar-refractivity contribution in [3.05, 3.63) is 23.9 Å². The molecule has 124 valence electrons. The van der Waals surface area contributed by atoms with Crippen LogP contribution in [0.1, 0.15) is 33.4 Å². The van der Waals surface area contributed by atoms with E-state index in [0.29, 0.717) is 16.5 Å².